The van der Waals surface area contributed by atoms with Crippen LogP contribution in [0.25, 0.3) is 5.65 Å². The maximum atomic E-state index is 13.3. The SMILES string of the molecule is CNc1cc(Nc2cccn(C3CC(F)(F)C3)c2=O)nc2c(C(=O)N[C@H]3CCC[C@]3(C)O)cnn12. The van der Waals surface area contributed by atoms with Crippen molar-refractivity contribution >= 4 is 28.9 Å². The van der Waals surface area contributed by atoms with E-state index in [9.17, 15) is 23.5 Å². The molecule has 186 valence electrons. The number of hydrogen-bond donors (Lipinski definition) is 4. The zero-order valence-electron chi connectivity index (χ0n) is 19.4. The number of anilines is 3. The number of aliphatic hydroxyl groups is 1. The number of hydrogen-bond acceptors (Lipinski definition) is 7. The number of carbonyl (C=O) groups excluding carboxylic acids is 1. The monoisotopic (exact) mass is 487 g/mol. The fourth-order valence-electron chi connectivity index (χ4n) is 4.84. The third kappa shape index (κ3) is 4.22. The van der Waals surface area contributed by atoms with Crippen LogP contribution in [0, 0.1) is 0 Å². The molecule has 4 N–H and O–H groups in total. The molecule has 0 saturated heterocycles. The summed E-state index contributed by atoms with van der Waals surface area (Å²) in [6.07, 6.45) is 4.26. The third-order valence-corrected chi connectivity index (χ3v) is 6.90. The van der Waals surface area contributed by atoms with Crippen LogP contribution in [-0.4, -0.2) is 54.8 Å². The summed E-state index contributed by atoms with van der Waals surface area (Å²) >= 11 is 0. The minimum Gasteiger partial charge on any atom is -0.388 e. The molecule has 3 aromatic heterocycles. The summed E-state index contributed by atoms with van der Waals surface area (Å²) in [6.45, 7) is 1.71. The van der Waals surface area contributed by atoms with Crippen molar-refractivity contribution in [2.75, 3.05) is 17.7 Å². The zero-order valence-corrected chi connectivity index (χ0v) is 19.4. The fourth-order valence-corrected chi connectivity index (χ4v) is 4.84. The molecule has 2 atom stereocenters. The number of nitrogens with one attached hydrogen (secondary N) is 3. The number of rotatable bonds is 6. The van der Waals surface area contributed by atoms with E-state index in [2.05, 4.69) is 26.0 Å². The maximum Gasteiger partial charge on any atom is 0.274 e. The van der Waals surface area contributed by atoms with Crippen LogP contribution in [0.4, 0.5) is 26.1 Å². The molecule has 3 aromatic rings. The van der Waals surface area contributed by atoms with Gasteiger partial charge in [-0.1, -0.05) is 0 Å². The second kappa shape index (κ2) is 8.29. The number of amides is 1. The van der Waals surface area contributed by atoms with Crippen LogP contribution in [0.5, 0.6) is 0 Å². The first-order valence-electron chi connectivity index (χ1n) is 11.5. The molecule has 0 radical (unpaired) electrons. The molecule has 2 aliphatic carbocycles. The van der Waals surface area contributed by atoms with E-state index >= 15 is 0 Å². The Morgan fingerprint density at radius 3 is 2.74 bits per heavy atom. The maximum absolute atomic E-state index is 13.3. The Labute approximate surface area is 199 Å². The van der Waals surface area contributed by atoms with Crippen LogP contribution in [-0.2, 0) is 0 Å². The Morgan fingerprint density at radius 2 is 2.09 bits per heavy atom. The first-order chi connectivity index (χ1) is 16.6. The van der Waals surface area contributed by atoms with Gasteiger partial charge in [0, 0.05) is 38.2 Å². The van der Waals surface area contributed by atoms with Gasteiger partial charge in [0.1, 0.15) is 22.9 Å². The van der Waals surface area contributed by atoms with E-state index in [4.69, 9.17) is 0 Å². The molecule has 35 heavy (non-hydrogen) atoms. The molecule has 3 heterocycles. The van der Waals surface area contributed by atoms with Crippen molar-refractivity contribution in [2.24, 2.45) is 0 Å². The predicted molar refractivity (Wildman–Crippen MR) is 125 cm³/mol. The largest absolute Gasteiger partial charge is 0.388 e. The van der Waals surface area contributed by atoms with E-state index in [1.807, 2.05) is 0 Å². The fraction of sp³-hybridized carbons (Fsp3) is 0.478. The lowest BCUT2D eigenvalue weighted by Crippen LogP contribution is -2.47. The topological polar surface area (TPSA) is 126 Å². The van der Waals surface area contributed by atoms with Gasteiger partial charge in [-0.15, -0.1) is 0 Å². The van der Waals surface area contributed by atoms with E-state index < -0.39 is 29.0 Å². The van der Waals surface area contributed by atoms with Gasteiger partial charge in [-0.3, -0.25) is 9.59 Å². The van der Waals surface area contributed by atoms with Crippen molar-refractivity contribution in [1.29, 1.82) is 0 Å². The van der Waals surface area contributed by atoms with Crippen LogP contribution in [0.1, 0.15) is 55.4 Å². The third-order valence-electron chi connectivity index (χ3n) is 6.90. The molecule has 1 amide bonds. The highest BCUT2D eigenvalue weighted by molar-refractivity contribution is 6.00. The summed E-state index contributed by atoms with van der Waals surface area (Å²) in [5, 5.41) is 23.6. The molecule has 5 rings (SSSR count). The van der Waals surface area contributed by atoms with Gasteiger partial charge in [0.25, 0.3) is 17.4 Å². The molecule has 0 unspecified atom stereocenters. The van der Waals surface area contributed by atoms with Crippen molar-refractivity contribution in [3.05, 3.63) is 46.5 Å². The van der Waals surface area contributed by atoms with Gasteiger partial charge >= 0.3 is 0 Å². The van der Waals surface area contributed by atoms with Crippen LogP contribution < -0.4 is 21.5 Å². The smallest absolute Gasteiger partial charge is 0.274 e. The second-order valence-electron chi connectivity index (χ2n) is 9.52. The number of halogens is 2. The lowest BCUT2D eigenvalue weighted by Gasteiger charge is -2.36. The van der Waals surface area contributed by atoms with E-state index in [-0.39, 0.29) is 41.6 Å². The Morgan fingerprint density at radius 1 is 1.31 bits per heavy atom. The summed E-state index contributed by atoms with van der Waals surface area (Å²) in [4.78, 5) is 30.5. The van der Waals surface area contributed by atoms with E-state index in [1.165, 1.54) is 21.5 Å². The Hall–Kier alpha value is -3.54. The van der Waals surface area contributed by atoms with Crippen molar-refractivity contribution in [2.45, 2.75) is 62.6 Å². The molecular formula is C23H27F2N7O3. The number of aromatic nitrogens is 4. The molecule has 12 heteroatoms. The lowest BCUT2D eigenvalue weighted by molar-refractivity contribution is -0.104. The summed E-state index contributed by atoms with van der Waals surface area (Å²) < 4.78 is 29.4. The molecular weight excluding hydrogens is 460 g/mol. The highest BCUT2D eigenvalue weighted by Crippen LogP contribution is 2.44. The van der Waals surface area contributed by atoms with Gasteiger partial charge in [-0.05, 0) is 38.3 Å². The molecule has 10 nitrogen and oxygen atoms in total. The molecule has 0 aliphatic heterocycles. The van der Waals surface area contributed by atoms with Crippen LogP contribution in [0.2, 0.25) is 0 Å². The standard InChI is InChI=1S/C23H27F2N7O3/c1-22(35)7-3-6-16(22)29-20(33)14-12-27-32-18(26-2)9-17(30-19(14)32)28-15-5-4-8-31(21(15)34)13-10-23(24,25)11-13/h4-5,8-9,12-13,16,26,35H,3,6-7,10-11H2,1-2H3,(H,28,30)(H,29,33)/t16-,22-/m0/s1. The number of pyridine rings is 1. The van der Waals surface area contributed by atoms with E-state index in [0.717, 1.165) is 6.42 Å². The highest BCUT2D eigenvalue weighted by atomic mass is 19.3. The number of carbonyl (C=O) groups is 1. The van der Waals surface area contributed by atoms with Crippen molar-refractivity contribution in [3.63, 3.8) is 0 Å². The van der Waals surface area contributed by atoms with E-state index in [1.54, 1.807) is 32.2 Å². The number of fused-ring (bicyclic) bond motifs is 1. The minimum absolute atomic E-state index is 0.175. The summed E-state index contributed by atoms with van der Waals surface area (Å²) in [5.41, 5.74) is -0.767. The lowest BCUT2D eigenvalue weighted by atomic mass is 9.88. The molecule has 2 saturated carbocycles. The summed E-state index contributed by atoms with van der Waals surface area (Å²) in [7, 11) is 1.68. The van der Waals surface area contributed by atoms with Gasteiger partial charge in [-0.25, -0.2) is 13.8 Å². The Bertz CT molecular complexity index is 1340. The van der Waals surface area contributed by atoms with Crippen molar-refractivity contribution < 1.29 is 18.7 Å². The molecule has 0 aromatic carbocycles. The summed E-state index contributed by atoms with van der Waals surface area (Å²) in [6, 6.07) is 3.85. The first-order valence-corrected chi connectivity index (χ1v) is 11.5. The van der Waals surface area contributed by atoms with Gasteiger partial charge in [0.2, 0.25) is 0 Å². The quantitative estimate of drug-likeness (QED) is 0.421. The number of alkyl halides is 2. The average Bonchev–Trinajstić information content (AvgIpc) is 3.35. The number of nitrogens with zero attached hydrogens (tertiary/aromatic N) is 4. The highest BCUT2D eigenvalue weighted by Gasteiger charge is 2.46. The molecule has 2 fully saturated rings. The summed E-state index contributed by atoms with van der Waals surface area (Å²) in [5.74, 6) is -2.36. The Kier molecular flexibility index (Phi) is 5.50. The average molecular weight is 488 g/mol. The van der Waals surface area contributed by atoms with Gasteiger partial charge < -0.3 is 25.6 Å². The van der Waals surface area contributed by atoms with Crippen LogP contribution in [0.3, 0.4) is 0 Å². The van der Waals surface area contributed by atoms with Crippen molar-refractivity contribution in [1.82, 2.24) is 24.5 Å². The van der Waals surface area contributed by atoms with Crippen molar-refractivity contribution in [3.8, 4) is 0 Å². The van der Waals surface area contributed by atoms with E-state index in [0.29, 0.717) is 18.7 Å². The molecule has 0 spiro atoms. The normalized spacial score (nSPS) is 23.7. The van der Waals surface area contributed by atoms with Gasteiger partial charge in [-0.2, -0.15) is 9.61 Å². The van der Waals surface area contributed by atoms with Gasteiger partial charge in [0.15, 0.2) is 5.65 Å². The van der Waals surface area contributed by atoms with Gasteiger partial charge in [0.05, 0.1) is 17.8 Å². The molecule has 2 aliphatic rings. The van der Waals surface area contributed by atoms with Crippen LogP contribution >= 0.6 is 0 Å². The van der Waals surface area contributed by atoms with Crippen LogP contribution in [0.15, 0.2) is 35.4 Å². The Balaban J connectivity index is 1.45. The molecule has 0 bridgehead atoms. The second-order valence-corrected chi connectivity index (χ2v) is 9.52. The predicted octanol–water partition coefficient (Wildman–Crippen LogP) is 2.68. The first kappa shape index (κ1) is 23.2. The minimum atomic E-state index is -2.74. The zero-order chi connectivity index (χ0) is 25.0.